The Labute approximate surface area is 181 Å². The van der Waals surface area contributed by atoms with Gasteiger partial charge in [0.2, 0.25) is 0 Å². The number of imide groups is 1. The number of hydrogen-bond acceptors (Lipinski definition) is 5. The van der Waals surface area contributed by atoms with E-state index >= 15 is 0 Å². The van der Waals surface area contributed by atoms with Crippen molar-refractivity contribution in [2.24, 2.45) is 5.92 Å². The van der Waals surface area contributed by atoms with E-state index in [2.05, 4.69) is 5.32 Å². The van der Waals surface area contributed by atoms with E-state index in [4.69, 9.17) is 9.47 Å². The van der Waals surface area contributed by atoms with E-state index in [-0.39, 0.29) is 24.3 Å². The predicted octanol–water partition coefficient (Wildman–Crippen LogP) is 3.04. The molecule has 0 radical (unpaired) electrons. The van der Waals surface area contributed by atoms with Crippen molar-refractivity contribution in [2.45, 2.75) is 25.8 Å². The molecule has 1 fully saturated rings. The smallest absolute Gasteiger partial charge is 0.261 e. The second-order valence-electron chi connectivity index (χ2n) is 7.90. The van der Waals surface area contributed by atoms with Gasteiger partial charge in [-0.15, -0.1) is 0 Å². The van der Waals surface area contributed by atoms with Crippen molar-refractivity contribution in [1.29, 1.82) is 0 Å². The van der Waals surface area contributed by atoms with Crippen molar-refractivity contribution in [2.75, 3.05) is 26.9 Å². The summed E-state index contributed by atoms with van der Waals surface area (Å²) >= 11 is 0. The summed E-state index contributed by atoms with van der Waals surface area (Å²) in [5, 5.41) is 2.88. The Bertz CT molecular complexity index is 964. The number of rotatable bonds is 10. The van der Waals surface area contributed by atoms with Gasteiger partial charge in [-0.3, -0.25) is 19.3 Å². The zero-order chi connectivity index (χ0) is 21.8. The Morgan fingerprint density at radius 1 is 1.10 bits per heavy atom. The van der Waals surface area contributed by atoms with Crippen LogP contribution in [0.25, 0.3) is 0 Å². The molecular weight excluding hydrogens is 396 g/mol. The van der Waals surface area contributed by atoms with Crippen LogP contribution in [0.2, 0.25) is 0 Å². The maximum Gasteiger partial charge on any atom is 0.261 e. The van der Waals surface area contributed by atoms with E-state index in [0.29, 0.717) is 41.2 Å². The van der Waals surface area contributed by atoms with Gasteiger partial charge in [-0.05, 0) is 55.0 Å². The van der Waals surface area contributed by atoms with E-state index in [1.54, 1.807) is 42.5 Å². The highest BCUT2D eigenvalue weighted by Gasteiger charge is 2.35. The Balaban J connectivity index is 1.38. The van der Waals surface area contributed by atoms with Crippen molar-refractivity contribution in [3.63, 3.8) is 0 Å². The Morgan fingerprint density at radius 3 is 2.45 bits per heavy atom. The lowest BCUT2D eigenvalue weighted by molar-refractivity contribution is 0.0642. The maximum atomic E-state index is 12.7. The number of nitrogens with one attached hydrogen (secondary N) is 1. The molecule has 0 spiro atoms. The molecule has 0 bridgehead atoms. The largest absolute Gasteiger partial charge is 0.496 e. The maximum absolute atomic E-state index is 12.7. The first-order chi connectivity index (χ1) is 15.1. The quantitative estimate of drug-likeness (QED) is 0.470. The summed E-state index contributed by atoms with van der Waals surface area (Å²) in [7, 11) is 1.50. The van der Waals surface area contributed by atoms with Crippen LogP contribution in [0, 0.1) is 5.92 Å². The van der Waals surface area contributed by atoms with Crippen LogP contribution < -0.4 is 10.1 Å². The van der Waals surface area contributed by atoms with E-state index in [1.807, 2.05) is 0 Å². The molecule has 2 aliphatic rings. The molecule has 2 aromatic carbocycles. The summed E-state index contributed by atoms with van der Waals surface area (Å²) < 4.78 is 10.9. The average Bonchev–Trinajstić information content (AvgIpc) is 3.59. The van der Waals surface area contributed by atoms with Crippen molar-refractivity contribution in [1.82, 2.24) is 10.2 Å². The van der Waals surface area contributed by atoms with Crippen LogP contribution in [0.15, 0.2) is 42.5 Å². The molecular formula is C24H26N2O5. The highest BCUT2D eigenvalue weighted by molar-refractivity contribution is 6.21. The molecule has 0 aromatic heterocycles. The minimum Gasteiger partial charge on any atom is -0.496 e. The monoisotopic (exact) mass is 422 g/mol. The molecule has 0 unspecified atom stereocenters. The van der Waals surface area contributed by atoms with Gasteiger partial charge in [0, 0.05) is 19.8 Å². The fraction of sp³-hybridized carbons (Fsp3) is 0.375. The molecule has 1 heterocycles. The molecule has 1 N–H and O–H groups in total. The lowest BCUT2D eigenvalue weighted by atomic mass is 10.1. The van der Waals surface area contributed by atoms with Gasteiger partial charge in [-0.2, -0.15) is 0 Å². The predicted molar refractivity (Wildman–Crippen MR) is 114 cm³/mol. The molecule has 1 aliphatic heterocycles. The summed E-state index contributed by atoms with van der Waals surface area (Å²) in [5.41, 5.74) is 1.86. The molecule has 3 amide bonds. The Hall–Kier alpha value is -3.19. The molecule has 162 valence electrons. The summed E-state index contributed by atoms with van der Waals surface area (Å²) in [6.45, 7) is 2.01. The summed E-state index contributed by atoms with van der Waals surface area (Å²) in [6, 6.07) is 11.9. The first kappa shape index (κ1) is 21.1. The SMILES string of the molecule is COc1ccc(CN2C(=O)c3ccccc3C2=O)cc1C(=O)NCCCOCC1CC1. The molecule has 31 heavy (non-hydrogen) atoms. The van der Waals surface area contributed by atoms with Crippen LogP contribution in [-0.2, 0) is 11.3 Å². The first-order valence-electron chi connectivity index (χ1n) is 10.6. The van der Waals surface area contributed by atoms with Gasteiger partial charge in [-0.25, -0.2) is 0 Å². The Morgan fingerprint density at radius 2 is 1.81 bits per heavy atom. The van der Waals surface area contributed by atoms with Crippen molar-refractivity contribution in [3.8, 4) is 5.75 Å². The second-order valence-corrected chi connectivity index (χ2v) is 7.90. The van der Waals surface area contributed by atoms with Crippen LogP contribution >= 0.6 is 0 Å². The Kier molecular flexibility index (Phi) is 6.32. The number of ether oxygens (including phenoxy) is 2. The topological polar surface area (TPSA) is 84.9 Å². The van der Waals surface area contributed by atoms with E-state index in [9.17, 15) is 14.4 Å². The van der Waals surface area contributed by atoms with Gasteiger partial charge in [0.15, 0.2) is 0 Å². The number of amides is 3. The van der Waals surface area contributed by atoms with Crippen molar-refractivity contribution < 1.29 is 23.9 Å². The van der Waals surface area contributed by atoms with Crippen LogP contribution in [0.5, 0.6) is 5.75 Å². The van der Waals surface area contributed by atoms with Crippen molar-refractivity contribution >= 4 is 17.7 Å². The standard InChI is InChI=1S/C24H26N2O5/c1-30-21-10-9-17(14-26-23(28)18-5-2-3-6-19(18)24(26)29)13-20(21)22(27)25-11-4-12-31-15-16-7-8-16/h2-3,5-6,9-10,13,16H,4,7-8,11-12,14-15H2,1H3,(H,25,27). The lowest BCUT2D eigenvalue weighted by Gasteiger charge is -2.16. The number of benzene rings is 2. The van der Waals surface area contributed by atoms with E-state index < -0.39 is 0 Å². The van der Waals surface area contributed by atoms with Crippen LogP contribution in [0.4, 0.5) is 0 Å². The van der Waals surface area contributed by atoms with Gasteiger partial charge in [0.05, 0.1) is 30.3 Å². The highest BCUT2D eigenvalue weighted by Crippen LogP contribution is 2.29. The highest BCUT2D eigenvalue weighted by atomic mass is 16.5. The third-order valence-corrected chi connectivity index (χ3v) is 5.53. The molecule has 1 aliphatic carbocycles. The first-order valence-corrected chi connectivity index (χ1v) is 10.6. The normalized spacial score (nSPS) is 15.2. The molecule has 0 saturated heterocycles. The number of fused-ring (bicyclic) bond motifs is 1. The van der Waals surface area contributed by atoms with E-state index in [1.165, 1.54) is 24.9 Å². The fourth-order valence-corrected chi connectivity index (χ4v) is 3.60. The number of methoxy groups -OCH3 is 1. The minimum absolute atomic E-state index is 0.0889. The number of carbonyl (C=O) groups excluding carboxylic acids is 3. The van der Waals surface area contributed by atoms with Crippen LogP contribution in [-0.4, -0.2) is 49.5 Å². The molecule has 7 nitrogen and oxygen atoms in total. The summed E-state index contributed by atoms with van der Waals surface area (Å²) in [4.78, 5) is 39.1. The van der Waals surface area contributed by atoms with Gasteiger partial charge < -0.3 is 14.8 Å². The third-order valence-electron chi connectivity index (χ3n) is 5.53. The van der Waals surface area contributed by atoms with Gasteiger partial charge in [0.25, 0.3) is 17.7 Å². The van der Waals surface area contributed by atoms with Crippen LogP contribution in [0.1, 0.15) is 55.9 Å². The summed E-state index contributed by atoms with van der Waals surface area (Å²) in [6.07, 6.45) is 3.25. The number of hydrogen-bond donors (Lipinski definition) is 1. The molecule has 4 rings (SSSR count). The second kappa shape index (κ2) is 9.31. The van der Waals surface area contributed by atoms with E-state index in [0.717, 1.165) is 18.9 Å². The zero-order valence-electron chi connectivity index (χ0n) is 17.6. The molecule has 0 atom stereocenters. The number of carbonyl (C=O) groups is 3. The minimum atomic E-state index is -0.325. The third kappa shape index (κ3) is 4.77. The summed E-state index contributed by atoms with van der Waals surface area (Å²) in [5.74, 6) is 0.253. The average molecular weight is 422 g/mol. The zero-order valence-corrected chi connectivity index (χ0v) is 17.6. The van der Waals surface area contributed by atoms with Gasteiger partial charge >= 0.3 is 0 Å². The molecule has 1 saturated carbocycles. The fourth-order valence-electron chi connectivity index (χ4n) is 3.60. The van der Waals surface area contributed by atoms with Gasteiger partial charge in [0.1, 0.15) is 5.75 Å². The molecule has 7 heteroatoms. The number of nitrogens with zero attached hydrogens (tertiary/aromatic N) is 1. The van der Waals surface area contributed by atoms with Crippen molar-refractivity contribution in [3.05, 3.63) is 64.7 Å². The van der Waals surface area contributed by atoms with Gasteiger partial charge in [-0.1, -0.05) is 18.2 Å². The molecule has 2 aromatic rings. The lowest BCUT2D eigenvalue weighted by Crippen LogP contribution is -2.29. The van der Waals surface area contributed by atoms with Crippen LogP contribution in [0.3, 0.4) is 0 Å².